The Bertz CT molecular complexity index is 863. The van der Waals surface area contributed by atoms with E-state index in [1.165, 1.54) is 11.1 Å². The van der Waals surface area contributed by atoms with Gasteiger partial charge in [-0.3, -0.25) is 0 Å². The maximum atomic E-state index is 5.82. The van der Waals surface area contributed by atoms with E-state index in [-0.39, 0.29) is 24.0 Å². The lowest BCUT2D eigenvalue weighted by Gasteiger charge is -2.15. The molecule has 182 valence electrons. The molecule has 2 aromatic carbocycles. The molecule has 1 heterocycles. The molecule has 0 radical (unpaired) electrons. The van der Waals surface area contributed by atoms with Crippen LogP contribution < -0.4 is 20.1 Å². The molecular formula is C25H36IN3O4. The number of hydrogen-bond acceptors (Lipinski definition) is 5. The number of anilines is 1. The highest BCUT2D eigenvalue weighted by Crippen LogP contribution is 2.32. The van der Waals surface area contributed by atoms with Gasteiger partial charge in [-0.15, -0.1) is 24.0 Å². The number of methoxy groups -OCH3 is 1. The van der Waals surface area contributed by atoms with Gasteiger partial charge in [-0.2, -0.15) is 0 Å². The van der Waals surface area contributed by atoms with Crippen LogP contribution in [-0.4, -0.2) is 52.6 Å². The Morgan fingerprint density at radius 1 is 1.00 bits per heavy atom. The minimum absolute atomic E-state index is 0. The molecule has 0 bridgehead atoms. The first-order valence-corrected chi connectivity index (χ1v) is 11.3. The lowest BCUT2D eigenvalue weighted by Crippen LogP contribution is -2.32. The van der Waals surface area contributed by atoms with Crippen molar-refractivity contribution < 1.29 is 18.9 Å². The SMILES string of the molecule is COCCOCCCCNC(=NCc1ccccc1C)Nc1ccc2c(c1)OCCCO2.I. The zero-order valence-electron chi connectivity index (χ0n) is 19.6. The summed E-state index contributed by atoms with van der Waals surface area (Å²) in [7, 11) is 1.68. The van der Waals surface area contributed by atoms with E-state index in [4.69, 9.17) is 23.9 Å². The molecule has 0 aromatic heterocycles. The monoisotopic (exact) mass is 569 g/mol. The molecule has 0 amide bonds. The van der Waals surface area contributed by atoms with Gasteiger partial charge in [0.15, 0.2) is 17.5 Å². The average Bonchev–Trinajstić information content (AvgIpc) is 3.05. The van der Waals surface area contributed by atoms with Crippen molar-refractivity contribution in [3.63, 3.8) is 0 Å². The highest BCUT2D eigenvalue weighted by molar-refractivity contribution is 14.0. The van der Waals surface area contributed by atoms with Crippen LogP contribution in [0.4, 0.5) is 5.69 Å². The predicted octanol–water partition coefficient (Wildman–Crippen LogP) is 4.78. The molecule has 33 heavy (non-hydrogen) atoms. The van der Waals surface area contributed by atoms with E-state index in [1.54, 1.807) is 7.11 Å². The molecule has 0 fully saturated rings. The predicted molar refractivity (Wildman–Crippen MR) is 143 cm³/mol. The number of halogens is 1. The van der Waals surface area contributed by atoms with E-state index in [2.05, 4.69) is 29.7 Å². The third kappa shape index (κ3) is 9.77. The summed E-state index contributed by atoms with van der Waals surface area (Å²) in [5.74, 6) is 2.29. The molecule has 7 nitrogen and oxygen atoms in total. The van der Waals surface area contributed by atoms with Crippen molar-refractivity contribution in [1.29, 1.82) is 0 Å². The van der Waals surface area contributed by atoms with Crippen LogP contribution in [0.1, 0.15) is 30.4 Å². The third-order valence-electron chi connectivity index (χ3n) is 5.12. The first kappa shape index (κ1) is 27.2. The Morgan fingerprint density at radius 3 is 2.64 bits per heavy atom. The first-order valence-electron chi connectivity index (χ1n) is 11.3. The summed E-state index contributed by atoms with van der Waals surface area (Å²) in [6, 6.07) is 14.2. The Labute approximate surface area is 214 Å². The van der Waals surface area contributed by atoms with E-state index < -0.39 is 0 Å². The van der Waals surface area contributed by atoms with Crippen LogP contribution >= 0.6 is 24.0 Å². The number of aryl methyl sites for hydroxylation is 1. The van der Waals surface area contributed by atoms with Gasteiger partial charge < -0.3 is 29.6 Å². The summed E-state index contributed by atoms with van der Waals surface area (Å²) in [4.78, 5) is 4.81. The topological polar surface area (TPSA) is 73.3 Å². The molecule has 2 N–H and O–H groups in total. The summed E-state index contributed by atoms with van der Waals surface area (Å²) in [6.07, 6.45) is 2.85. The maximum Gasteiger partial charge on any atom is 0.196 e. The molecule has 0 saturated heterocycles. The summed E-state index contributed by atoms with van der Waals surface area (Å²) in [5, 5.41) is 6.85. The molecule has 0 aliphatic carbocycles. The maximum absolute atomic E-state index is 5.82. The van der Waals surface area contributed by atoms with Crippen LogP contribution in [-0.2, 0) is 16.0 Å². The third-order valence-corrected chi connectivity index (χ3v) is 5.12. The highest BCUT2D eigenvalue weighted by atomic mass is 127. The van der Waals surface area contributed by atoms with Crippen LogP contribution in [0.25, 0.3) is 0 Å². The minimum atomic E-state index is 0. The summed E-state index contributed by atoms with van der Waals surface area (Å²) < 4.78 is 22.1. The number of fused-ring (bicyclic) bond motifs is 1. The summed E-state index contributed by atoms with van der Waals surface area (Å²) in [5.41, 5.74) is 3.35. The molecule has 8 heteroatoms. The number of ether oxygens (including phenoxy) is 4. The Kier molecular flexibility index (Phi) is 13.0. The van der Waals surface area contributed by atoms with Crippen molar-refractivity contribution in [3.8, 4) is 11.5 Å². The second-order valence-corrected chi connectivity index (χ2v) is 7.67. The zero-order chi connectivity index (χ0) is 22.4. The van der Waals surface area contributed by atoms with E-state index in [9.17, 15) is 0 Å². The Hall–Kier alpha value is -2.04. The quantitative estimate of drug-likeness (QED) is 0.176. The highest BCUT2D eigenvalue weighted by Gasteiger charge is 2.11. The lowest BCUT2D eigenvalue weighted by molar-refractivity contribution is 0.0689. The minimum Gasteiger partial charge on any atom is -0.490 e. The van der Waals surface area contributed by atoms with Gasteiger partial charge in [-0.05, 0) is 43.0 Å². The van der Waals surface area contributed by atoms with Crippen molar-refractivity contribution in [3.05, 3.63) is 53.6 Å². The summed E-state index contributed by atoms with van der Waals surface area (Å²) in [6.45, 7) is 6.86. The molecule has 0 atom stereocenters. The lowest BCUT2D eigenvalue weighted by atomic mass is 10.1. The van der Waals surface area contributed by atoms with E-state index in [0.717, 1.165) is 55.6 Å². The normalized spacial score (nSPS) is 13.1. The molecule has 2 aromatic rings. The first-order chi connectivity index (χ1) is 15.8. The molecule has 0 unspecified atom stereocenters. The van der Waals surface area contributed by atoms with Gasteiger partial charge in [0.25, 0.3) is 0 Å². The van der Waals surface area contributed by atoms with E-state index >= 15 is 0 Å². The number of hydrogen-bond donors (Lipinski definition) is 2. The summed E-state index contributed by atoms with van der Waals surface area (Å²) >= 11 is 0. The Morgan fingerprint density at radius 2 is 1.82 bits per heavy atom. The van der Waals surface area contributed by atoms with Gasteiger partial charge in [0.1, 0.15) is 0 Å². The van der Waals surface area contributed by atoms with Gasteiger partial charge in [-0.25, -0.2) is 4.99 Å². The number of guanidine groups is 1. The standard InChI is InChI=1S/C25H35N3O4.HI/c1-20-8-3-4-9-21(20)19-27-25(26-12-5-6-13-30-17-16-29-2)28-22-10-11-23-24(18-22)32-15-7-14-31-23;/h3-4,8-11,18H,5-7,12-17,19H2,1-2H3,(H2,26,27,28);1H. The van der Waals surface area contributed by atoms with Gasteiger partial charge in [0.2, 0.25) is 0 Å². The molecule has 3 rings (SSSR count). The average molecular weight is 569 g/mol. The molecule has 1 aliphatic heterocycles. The van der Waals surface area contributed by atoms with Gasteiger partial charge in [0.05, 0.1) is 33.0 Å². The number of aliphatic imine (C=N–C) groups is 1. The smallest absolute Gasteiger partial charge is 0.196 e. The van der Waals surface area contributed by atoms with Crippen LogP contribution in [0, 0.1) is 6.92 Å². The molecule has 1 aliphatic rings. The van der Waals surface area contributed by atoms with Crippen LogP contribution in [0.15, 0.2) is 47.5 Å². The molecular weight excluding hydrogens is 533 g/mol. The van der Waals surface area contributed by atoms with Crippen molar-refractivity contribution >= 4 is 35.6 Å². The fraction of sp³-hybridized carbons (Fsp3) is 0.480. The van der Waals surface area contributed by atoms with Crippen molar-refractivity contribution in [1.82, 2.24) is 5.32 Å². The second-order valence-electron chi connectivity index (χ2n) is 7.67. The van der Waals surface area contributed by atoms with Crippen LogP contribution in [0.3, 0.4) is 0 Å². The number of benzene rings is 2. The van der Waals surface area contributed by atoms with E-state index in [1.807, 2.05) is 30.3 Å². The van der Waals surface area contributed by atoms with Crippen LogP contribution in [0.2, 0.25) is 0 Å². The van der Waals surface area contributed by atoms with Crippen LogP contribution in [0.5, 0.6) is 11.5 Å². The van der Waals surface area contributed by atoms with Crippen molar-refractivity contribution in [2.24, 2.45) is 4.99 Å². The van der Waals surface area contributed by atoms with E-state index in [0.29, 0.717) is 33.0 Å². The number of nitrogens with one attached hydrogen (secondary N) is 2. The zero-order valence-corrected chi connectivity index (χ0v) is 21.9. The number of unbranched alkanes of at least 4 members (excludes halogenated alkanes) is 1. The fourth-order valence-electron chi connectivity index (χ4n) is 3.25. The molecule has 0 spiro atoms. The Balaban J connectivity index is 0.00000385. The molecule has 0 saturated carbocycles. The van der Waals surface area contributed by atoms with Gasteiger partial charge in [-0.1, -0.05) is 24.3 Å². The van der Waals surface area contributed by atoms with Gasteiger partial charge >= 0.3 is 0 Å². The van der Waals surface area contributed by atoms with Gasteiger partial charge in [0, 0.05) is 38.4 Å². The second kappa shape index (κ2) is 15.7. The fourth-order valence-corrected chi connectivity index (χ4v) is 3.25. The van der Waals surface area contributed by atoms with Crippen molar-refractivity contribution in [2.45, 2.75) is 32.7 Å². The largest absolute Gasteiger partial charge is 0.490 e. The number of rotatable bonds is 11. The number of nitrogens with zero attached hydrogens (tertiary/aromatic N) is 1. The van der Waals surface area contributed by atoms with Crippen molar-refractivity contribution in [2.75, 3.05) is 52.0 Å².